The summed E-state index contributed by atoms with van der Waals surface area (Å²) in [6.07, 6.45) is 2.47. The molecule has 0 aliphatic carbocycles. The van der Waals surface area contributed by atoms with Gasteiger partial charge in [0.15, 0.2) is 0 Å². The third-order valence-corrected chi connectivity index (χ3v) is 2.55. The molecule has 3 heteroatoms. The third kappa shape index (κ3) is 3.98. The van der Waals surface area contributed by atoms with Crippen LogP contribution in [0.15, 0.2) is 18.3 Å². The summed E-state index contributed by atoms with van der Waals surface area (Å²) < 4.78 is 0. The Bertz CT molecular complexity index is 285. The molecule has 0 amide bonds. The molecule has 0 fully saturated rings. The molecule has 0 unspecified atom stereocenters. The van der Waals surface area contributed by atoms with Gasteiger partial charge in [-0.1, -0.05) is 13.8 Å². The smallest absolute Gasteiger partial charge is 0.0486 e. The van der Waals surface area contributed by atoms with Crippen molar-refractivity contribution in [2.24, 2.45) is 0 Å². The summed E-state index contributed by atoms with van der Waals surface area (Å²) >= 11 is 0. The van der Waals surface area contributed by atoms with Crippen LogP contribution in [-0.2, 0) is 13.0 Å². The van der Waals surface area contributed by atoms with E-state index in [1.165, 1.54) is 5.56 Å². The minimum absolute atomic E-state index is 0.168. The van der Waals surface area contributed by atoms with Gasteiger partial charge in [0, 0.05) is 31.5 Å². The molecular formula is C12H20N2O. The van der Waals surface area contributed by atoms with E-state index in [2.05, 4.69) is 29.8 Å². The van der Waals surface area contributed by atoms with Crippen molar-refractivity contribution in [3.8, 4) is 0 Å². The van der Waals surface area contributed by atoms with E-state index in [9.17, 15) is 0 Å². The lowest BCUT2D eigenvalue weighted by Gasteiger charge is -2.18. The molecule has 0 aliphatic rings. The highest BCUT2D eigenvalue weighted by Gasteiger charge is 2.02. The third-order valence-electron chi connectivity index (χ3n) is 2.55. The van der Waals surface area contributed by atoms with E-state index >= 15 is 0 Å². The first kappa shape index (κ1) is 12.1. The van der Waals surface area contributed by atoms with Gasteiger partial charge in [0.2, 0.25) is 0 Å². The van der Waals surface area contributed by atoms with Crippen molar-refractivity contribution in [1.29, 1.82) is 0 Å². The molecule has 0 aliphatic heterocycles. The van der Waals surface area contributed by atoms with Gasteiger partial charge in [-0.3, -0.25) is 9.88 Å². The fourth-order valence-corrected chi connectivity index (χ4v) is 1.58. The first-order valence-electron chi connectivity index (χ1n) is 5.57. The molecule has 0 saturated heterocycles. The first-order chi connectivity index (χ1) is 7.30. The predicted molar refractivity (Wildman–Crippen MR) is 61.7 cm³/mol. The van der Waals surface area contributed by atoms with Crippen LogP contribution >= 0.6 is 0 Å². The highest BCUT2D eigenvalue weighted by molar-refractivity contribution is 5.16. The molecule has 1 N–H and O–H groups in total. The molecule has 1 heterocycles. The SMILES string of the molecule is CCN(CC)Cc1ccnc(CCO)c1. The van der Waals surface area contributed by atoms with Crippen molar-refractivity contribution >= 4 is 0 Å². The molecule has 0 bridgehead atoms. The summed E-state index contributed by atoms with van der Waals surface area (Å²) in [7, 11) is 0. The Balaban J connectivity index is 2.64. The minimum Gasteiger partial charge on any atom is -0.396 e. The van der Waals surface area contributed by atoms with Crippen LogP contribution in [0, 0.1) is 0 Å². The first-order valence-corrected chi connectivity index (χ1v) is 5.57. The second-order valence-electron chi connectivity index (χ2n) is 3.59. The van der Waals surface area contributed by atoms with Crippen molar-refractivity contribution in [2.45, 2.75) is 26.8 Å². The Labute approximate surface area is 91.8 Å². The number of rotatable bonds is 6. The van der Waals surface area contributed by atoms with Gasteiger partial charge in [0.05, 0.1) is 0 Å². The summed E-state index contributed by atoms with van der Waals surface area (Å²) in [5, 5.41) is 8.83. The van der Waals surface area contributed by atoms with Crippen molar-refractivity contribution in [1.82, 2.24) is 9.88 Å². The fourth-order valence-electron chi connectivity index (χ4n) is 1.58. The average Bonchev–Trinajstić information content (AvgIpc) is 2.27. The van der Waals surface area contributed by atoms with Crippen LogP contribution in [0.4, 0.5) is 0 Å². The summed E-state index contributed by atoms with van der Waals surface area (Å²) in [6, 6.07) is 4.12. The zero-order chi connectivity index (χ0) is 11.1. The largest absolute Gasteiger partial charge is 0.396 e. The highest BCUT2D eigenvalue weighted by atomic mass is 16.3. The quantitative estimate of drug-likeness (QED) is 0.769. The van der Waals surface area contributed by atoms with Crippen LogP contribution in [0.2, 0.25) is 0 Å². The summed E-state index contributed by atoms with van der Waals surface area (Å²) in [5.41, 5.74) is 2.25. The number of hydrogen-bond donors (Lipinski definition) is 1. The predicted octanol–water partition coefficient (Wildman–Crippen LogP) is 1.46. The van der Waals surface area contributed by atoms with E-state index in [0.717, 1.165) is 25.3 Å². The molecular weight excluding hydrogens is 188 g/mol. The van der Waals surface area contributed by atoms with Gasteiger partial charge in [-0.25, -0.2) is 0 Å². The van der Waals surface area contributed by atoms with Crippen LogP contribution in [-0.4, -0.2) is 34.7 Å². The van der Waals surface area contributed by atoms with Crippen LogP contribution < -0.4 is 0 Å². The number of aliphatic hydroxyl groups excluding tert-OH is 1. The van der Waals surface area contributed by atoms with Crippen molar-refractivity contribution in [2.75, 3.05) is 19.7 Å². The number of aliphatic hydroxyl groups is 1. The number of pyridine rings is 1. The van der Waals surface area contributed by atoms with E-state index in [1.54, 1.807) is 0 Å². The van der Waals surface area contributed by atoms with E-state index < -0.39 is 0 Å². The zero-order valence-corrected chi connectivity index (χ0v) is 9.61. The molecule has 1 aromatic rings. The van der Waals surface area contributed by atoms with Gasteiger partial charge in [0.25, 0.3) is 0 Å². The molecule has 84 valence electrons. The molecule has 15 heavy (non-hydrogen) atoms. The maximum atomic E-state index is 8.83. The van der Waals surface area contributed by atoms with Gasteiger partial charge >= 0.3 is 0 Å². The van der Waals surface area contributed by atoms with Gasteiger partial charge in [-0.15, -0.1) is 0 Å². The average molecular weight is 208 g/mol. The van der Waals surface area contributed by atoms with Crippen LogP contribution in [0.5, 0.6) is 0 Å². The van der Waals surface area contributed by atoms with Crippen LogP contribution in [0.3, 0.4) is 0 Å². The lowest BCUT2D eigenvalue weighted by atomic mass is 10.2. The molecule has 0 atom stereocenters. The maximum absolute atomic E-state index is 8.83. The highest BCUT2D eigenvalue weighted by Crippen LogP contribution is 2.06. The molecule has 1 rings (SSSR count). The van der Waals surface area contributed by atoms with Crippen molar-refractivity contribution in [3.63, 3.8) is 0 Å². The summed E-state index contributed by atoms with van der Waals surface area (Å²) in [5.74, 6) is 0. The number of aromatic nitrogens is 1. The van der Waals surface area contributed by atoms with E-state index in [-0.39, 0.29) is 6.61 Å². The van der Waals surface area contributed by atoms with Gasteiger partial charge in [0.1, 0.15) is 0 Å². The molecule has 3 nitrogen and oxygen atoms in total. The van der Waals surface area contributed by atoms with Crippen molar-refractivity contribution < 1.29 is 5.11 Å². The lowest BCUT2D eigenvalue weighted by molar-refractivity contribution is 0.293. The minimum atomic E-state index is 0.168. The van der Waals surface area contributed by atoms with Gasteiger partial charge in [-0.2, -0.15) is 0 Å². The topological polar surface area (TPSA) is 36.4 Å². The maximum Gasteiger partial charge on any atom is 0.0486 e. The summed E-state index contributed by atoms with van der Waals surface area (Å²) in [4.78, 5) is 6.57. The zero-order valence-electron chi connectivity index (χ0n) is 9.61. The van der Waals surface area contributed by atoms with Crippen LogP contribution in [0.1, 0.15) is 25.1 Å². The van der Waals surface area contributed by atoms with E-state index in [4.69, 9.17) is 5.11 Å². The second-order valence-corrected chi connectivity index (χ2v) is 3.59. The Morgan fingerprint density at radius 2 is 2.07 bits per heavy atom. The lowest BCUT2D eigenvalue weighted by Crippen LogP contribution is -2.22. The molecule has 0 radical (unpaired) electrons. The molecule has 0 saturated carbocycles. The number of nitrogens with zero attached hydrogens (tertiary/aromatic N) is 2. The number of hydrogen-bond acceptors (Lipinski definition) is 3. The monoisotopic (exact) mass is 208 g/mol. The van der Waals surface area contributed by atoms with E-state index in [0.29, 0.717) is 6.42 Å². The second kappa shape index (κ2) is 6.53. The van der Waals surface area contributed by atoms with Gasteiger partial charge < -0.3 is 5.11 Å². The molecule has 1 aromatic heterocycles. The van der Waals surface area contributed by atoms with Gasteiger partial charge in [-0.05, 0) is 30.8 Å². The normalized spacial score (nSPS) is 10.9. The molecule has 0 aromatic carbocycles. The molecule has 0 spiro atoms. The Morgan fingerprint density at radius 1 is 1.33 bits per heavy atom. The standard InChI is InChI=1S/C12H20N2O/c1-3-14(4-2)10-11-5-7-13-12(9-11)6-8-15/h5,7,9,15H,3-4,6,8,10H2,1-2H3. The summed E-state index contributed by atoms with van der Waals surface area (Å²) in [6.45, 7) is 7.59. The van der Waals surface area contributed by atoms with Crippen LogP contribution in [0.25, 0.3) is 0 Å². The fraction of sp³-hybridized carbons (Fsp3) is 0.583. The Hall–Kier alpha value is -0.930. The van der Waals surface area contributed by atoms with E-state index in [1.807, 2.05) is 12.3 Å². The van der Waals surface area contributed by atoms with Crippen molar-refractivity contribution in [3.05, 3.63) is 29.6 Å². The Morgan fingerprint density at radius 3 is 2.67 bits per heavy atom. The Kier molecular flexibility index (Phi) is 5.29.